The van der Waals surface area contributed by atoms with Gasteiger partial charge in [0.15, 0.2) is 0 Å². The predicted molar refractivity (Wildman–Crippen MR) is 77.2 cm³/mol. The molecule has 3 rings (SSSR count). The van der Waals surface area contributed by atoms with Crippen molar-refractivity contribution in [1.82, 2.24) is 4.90 Å². The van der Waals surface area contributed by atoms with E-state index in [4.69, 9.17) is 9.52 Å². The summed E-state index contributed by atoms with van der Waals surface area (Å²) >= 11 is 0. The van der Waals surface area contributed by atoms with Crippen molar-refractivity contribution in [1.29, 1.82) is 0 Å². The van der Waals surface area contributed by atoms with Crippen LogP contribution in [0, 0.1) is 16.0 Å². The van der Waals surface area contributed by atoms with Gasteiger partial charge in [-0.05, 0) is 18.2 Å². The van der Waals surface area contributed by atoms with E-state index in [1.54, 1.807) is 30.3 Å². The Balaban J connectivity index is 1.72. The van der Waals surface area contributed by atoms with Gasteiger partial charge in [-0.1, -0.05) is 12.1 Å². The molecule has 0 radical (unpaired) electrons. The number of carbonyl (C=O) groups is 1. The van der Waals surface area contributed by atoms with Gasteiger partial charge >= 0.3 is 5.97 Å². The van der Waals surface area contributed by atoms with Crippen LogP contribution < -0.4 is 0 Å². The van der Waals surface area contributed by atoms with Crippen molar-refractivity contribution in [3.8, 4) is 11.3 Å². The third kappa shape index (κ3) is 2.71. The number of rotatable bonds is 5. The maximum absolute atomic E-state index is 11.0. The number of hydrogen-bond acceptors (Lipinski definition) is 5. The van der Waals surface area contributed by atoms with Gasteiger partial charge in [0.2, 0.25) is 0 Å². The fraction of sp³-hybridized carbons (Fsp3) is 0.267. The third-order valence-electron chi connectivity index (χ3n) is 3.71. The Bertz CT molecular complexity index is 718. The van der Waals surface area contributed by atoms with Crippen molar-refractivity contribution in [3.63, 3.8) is 0 Å². The number of carboxylic acid groups (broad SMARTS) is 1. The van der Waals surface area contributed by atoms with E-state index in [0.717, 1.165) is 0 Å². The molecule has 0 atom stereocenters. The fourth-order valence-electron chi connectivity index (χ4n) is 2.52. The van der Waals surface area contributed by atoms with Crippen LogP contribution in [0.3, 0.4) is 0 Å². The number of nitro benzene ring substituents is 1. The van der Waals surface area contributed by atoms with Gasteiger partial charge in [-0.15, -0.1) is 0 Å². The highest BCUT2D eigenvalue weighted by atomic mass is 16.6. The van der Waals surface area contributed by atoms with Crippen LogP contribution in [0.5, 0.6) is 0 Å². The number of benzene rings is 1. The van der Waals surface area contributed by atoms with Crippen molar-refractivity contribution in [2.75, 3.05) is 13.1 Å². The van der Waals surface area contributed by atoms with Crippen LogP contribution in [0.2, 0.25) is 0 Å². The Morgan fingerprint density at radius 3 is 2.73 bits per heavy atom. The second kappa shape index (κ2) is 5.61. The Kier molecular flexibility index (Phi) is 3.64. The molecular formula is C15H14N2O5. The van der Waals surface area contributed by atoms with Crippen LogP contribution in [0.15, 0.2) is 40.8 Å². The summed E-state index contributed by atoms with van der Waals surface area (Å²) < 4.78 is 5.67. The van der Waals surface area contributed by atoms with Gasteiger partial charge < -0.3 is 9.52 Å². The van der Waals surface area contributed by atoms with E-state index in [1.165, 1.54) is 6.07 Å². The maximum Gasteiger partial charge on any atom is 0.309 e. The number of nitrogens with zero attached hydrogens (tertiary/aromatic N) is 2. The van der Waals surface area contributed by atoms with Crippen LogP contribution in [0.4, 0.5) is 5.69 Å². The first-order valence-corrected chi connectivity index (χ1v) is 6.82. The Morgan fingerprint density at radius 2 is 2.05 bits per heavy atom. The highest BCUT2D eigenvalue weighted by molar-refractivity contribution is 5.71. The molecule has 114 valence electrons. The van der Waals surface area contributed by atoms with Gasteiger partial charge in [-0.2, -0.15) is 0 Å². The number of para-hydroxylation sites is 1. The van der Waals surface area contributed by atoms with E-state index >= 15 is 0 Å². The van der Waals surface area contributed by atoms with Crippen molar-refractivity contribution >= 4 is 11.7 Å². The number of carboxylic acids is 1. The third-order valence-corrected chi connectivity index (χ3v) is 3.71. The summed E-state index contributed by atoms with van der Waals surface area (Å²) in [5, 5.41) is 19.9. The van der Waals surface area contributed by atoms with Crippen LogP contribution in [0.25, 0.3) is 11.3 Å². The second-order valence-electron chi connectivity index (χ2n) is 5.27. The number of aliphatic carboxylic acids is 1. The molecule has 2 aromatic rings. The van der Waals surface area contributed by atoms with Gasteiger partial charge in [0, 0.05) is 19.2 Å². The van der Waals surface area contributed by atoms with Crippen LogP contribution in [0.1, 0.15) is 5.76 Å². The molecule has 0 aliphatic carbocycles. The van der Waals surface area contributed by atoms with Crippen molar-refractivity contribution in [2.45, 2.75) is 6.54 Å². The Hall–Kier alpha value is -2.67. The van der Waals surface area contributed by atoms with Gasteiger partial charge in [-0.3, -0.25) is 19.8 Å². The summed E-state index contributed by atoms with van der Waals surface area (Å²) in [6, 6.07) is 9.87. The summed E-state index contributed by atoms with van der Waals surface area (Å²) in [7, 11) is 0. The molecule has 0 unspecified atom stereocenters. The normalized spacial score (nSPS) is 15.5. The SMILES string of the molecule is O=C(O)C1CN(Cc2ccc(-c3ccccc3[N+](=O)[O-])o2)C1. The largest absolute Gasteiger partial charge is 0.481 e. The van der Waals surface area contributed by atoms with Gasteiger partial charge in [0.1, 0.15) is 11.5 Å². The molecule has 1 aliphatic heterocycles. The van der Waals surface area contributed by atoms with E-state index in [1.807, 2.05) is 4.90 Å². The number of nitro groups is 1. The molecule has 22 heavy (non-hydrogen) atoms. The minimum Gasteiger partial charge on any atom is -0.481 e. The second-order valence-corrected chi connectivity index (χ2v) is 5.27. The lowest BCUT2D eigenvalue weighted by atomic mass is 10.0. The van der Waals surface area contributed by atoms with Crippen molar-refractivity contribution in [2.24, 2.45) is 5.92 Å². The van der Waals surface area contributed by atoms with E-state index in [2.05, 4.69) is 0 Å². The zero-order valence-corrected chi connectivity index (χ0v) is 11.6. The number of hydrogen-bond donors (Lipinski definition) is 1. The first kappa shape index (κ1) is 14.3. The smallest absolute Gasteiger partial charge is 0.309 e. The molecule has 1 aliphatic rings. The standard InChI is InChI=1S/C15H14N2O5/c18-15(19)10-7-16(8-10)9-11-5-6-14(22-11)12-3-1-2-4-13(12)17(20)21/h1-6,10H,7-9H2,(H,18,19). The lowest BCUT2D eigenvalue weighted by Gasteiger charge is -2.35. The highest BCUT2D eigenvalue weighted by Gasteiger charge is 2.32. The Labute approximate surface area is 125 Å². The lowest BCUT2D eigenvalue weighted by molar-refractivity contribution is -0.384. The van der Waals surface area contributed by atoms with Crippen molar-refractivity contribution in [3.05, 3.63) is 52.3 Å². The van der Waals surface area contributed by atoms with Gasteiger partial charge in [0.05, 0.1) is 22.9 Å². The zero-order chi connectivity index (χ0) is 15.7. The topological polar surface area (TPSA) is 96.8 Å². The summed E-state index contributed by atoms with van der Waals surface area (Å²) in [5.74, 6) is 0.00976. The quantitative estimate of drug-likeness (QED) is 0.672. The van der Waals surface area contributed by atoms with Gasteiger partial charge in [-0.25, -0.2) is 0 Å². The molecule has 0 spiro atoms. The Morgan fingerprint density at radius 1 is 1.32 bits per heavy atom. The fourth-order valence-corrected chi connectivity index (χ4v) is 2.52. The molecular weight excluding hydrogens is 288 g/mol. The first-order valence-electron chi connectivity index (χ1n) is 6.82. The molecule has 1 fully saturated rings. The molecule has 0 amide bonds. The average Bonchev–Trinajstić information content (AvgIpc) is 2.90. The van der Waals surface area contributed by atoms with Crippen molar-refractivity contribution < 1.29 is 19.2 Å². The summed E-state index contributed by atoms with van der Waals surface area (Å²) in [6.45, 7) is 1.50. The highest BCUT2D eigenvalue weighted by Crippen LogP contribution is 2.31. The molecule has 1 aromatic carbocycles. The molecule has 0 bridgehead atoms. The van der Waals surface area contributed by atoms with Crippen LogP contribution in [-0.2, 0) is 11.3 Å². The molecule has 1 N–H and O–H groups in total. The predicted octanol–water partition coefficient (Wildman–Crippen LogP) is 2.37. The molecule has 1 aromatic heterocycles. The maximum atomic E-state index is 11.0. The van der Waals surface area contributed by atoms with Gasteiger partial charge in [0.25, 0.3) is 5.69 Å². The number of likely N-dealkylation sites (tertiary alicyclic amines) is 1. The van der Waals surface area contributed by atoms with E-state index in [0.29, 0.717) is 36.7 Å². The first-order chi connectivity index (χ1) is 10.5. The molecule has 7 heteroatoms. The minimum atomic E-state index is -0.781. The van der Waals surface area contributed by atoms with E-state index in [-0.39, 0.29) is 11.6 Å². The zero-order valence-electron chi connectivity index (χ0n) is 11.6. The molecule has 1 saturated heterocycles. The molecule has 7 nitrogen and oxygen atoms in total. The van der Waals surface area contributed by atoms with Crippen LogP contribution in [-0.4, -0.2) is 34.0 Å². The summed E-state index contributed by atoms with van der Waals surface area (Å²) in [5.41, 5.74) is 0.434. The minimum absolute atomic E-state index is 0.00158. The lowest BCUT2D eigenvalue weighted by Crippen LogP contribution is -2.49. The summed E-state index contributed by atoms with van der Waals surface area (Å²) in [6.07, 6.45) is 0. The number of furan rings is 1. The monoisotopic (exact) mass is 302 g/mol. The molecule has 0 saturated carbocycles. The average molecular weight is 302 g/mol. The van der Waals surface area contributed by atoms with Crippen LogP contribution >= 0.6 is 0 Å². The summed E-state index contributed by atoms with van der Waals surface area (Å²) in [4.78, 5) is 23.3. The van der Waals surface area contributed by atoms with E-state index < -0.39 is 10.9 Å². The molecule has 2 heterocycles. The van der Waals surface area contributed by atoms with E-state index in [9.17, 15) is 14.9 Å².